The summed E-state index contributed by atoms with van der Waals surface area (Å²) in [6, 6.07) is -3.80. The van der Waals surface area contributed by atoms with E-state index in [4.69, 9.17) is 33.1 Å². The van der Waals surface area contributed by atoms with Gasteiger partial charge in [0.15, 0.2) is 5.96 Å². The second kappa shape index (κ2) is 15.8. The zero-order valence-electron chi connectivity index (χ0n) is 18.5. The van der Waals surface area contributed by atoms with Crippen LogP contribution in [0.25, 0.3) is 0 Å². The monoisotopic (exact) mass is 488 g/mol. The number of aliphatic imine (C=N–C) groups is 1. The summed E-state index contributed by atoms with van der Waals surface area (Å²) in [7, 11) is 0. The molecule has 0 aromatic carbocycles. The Balaban J connectivity index is 5.38. The van der Waals surface area contributed by atoms with Crippen molar-refractivity contribution < 1.29 is 39.0 Å². The van der Waals surface area contributed by atoms with Crippen molar-refractivity contribution in [3.8, 4) is 0 Å². The lowest BCUT2D eigenvalue weighted by Gasteiger charge is -2.23. The van der Waals surface area contributed by atoms with Crippen molar-refractivity contribution in [2.75, 3.05) is 13.1 Å². The fourth-order valence-corrected chi connectivity index (χ4v) is 2.57. The van der Waals surface area contributed by atoms with E-state index in [0.717, 1.165) is 0 Å². The van der Waals surface area contributed by atoms with Crippen molar-refractivity contribution in [3.63, 3.8) is 0 Å². The zero-order chi connectivity index (χ0) is 26.3. The fourth-order valence-electron chi connectivity index (χ4n) is 2.57. The molecule has 0 aliphatic carbocycles. The van der Waals surface area contributed by atoms with E-state index in [0.29, 0.717) is 0 Å². The predicted molar refractivity (Wildman–Crippen MR) is 118 cm³/mol. The Morgan fingerprint density at radius 1 is 0.765 bits per heavy atom. The van der Waals surface area contributed by atoms with Crippen molar-refractivity contribution in [2.24, 2.45) is 27.9 Å². The van der Waals surface area contributed by atoms with E-state index >= 15 is 0 Å². The second-order valence-electron chi connectivity index (χ2n) is 7.23. The van der Waals surface area contributed by atoms with Crippen molar-refractivity contribution in [1.29, 1.82) is 0 Å². The Labute approximate surface area is 194 Å². The lowest BCUT2D eigenvalue weighted by Crippen LogP contribution is -2.56. The number of hydrogen-bond donors (Lipinski definition) is 9. The van der Waals surface area contributed by atoms with E-state index < -0.39 is 66.7 Å². The third kappa shape index (κ3) is 14.2. The van der Waals surface area contributed by atoms with Gasteiger partial charge in [-0.15, -0.1) is 0 Å². The molecular formula is C18H32N8O8. The number of carboxylic acid groups (broad SMARTS) is 2. The van der Waals surface area contributed by atoms with Gasteiger partial charge in [0.25, 0.3) is 0 Å². The van der Waals surface area contributed by atoms with Gasteiger partial charge in [-0.1, -0.05) is 0 Å². The number of primary amides is 1. The van der Waals surface area contributed by atoms with Gasteiger partial charge in [-0.2, -0.15) is 0 Å². The molecule has 0 aromatic heterocycles. The Morgan fingerprint density at radius 2 is 1.35 bits per heavy atom. The highest BCUT2D eigenvalue weighted by molar-refractivity contribution is 5.94. The molecule has 0 aliphatic heterocycles. The minimum Gasteiger partial charge on any atom is -0.481 e. The summed E-state index contributed by atoms with van der Waals surface area (Å²) in [5.74, 6) is -5.95. The van der Waals surface area contributed by atoms with Crippen molar-refractivity contribution in [1.82, 2.24) is 16.0 Å². The second-order valence-corrected chi connectivity index (χ2v) is 7.23. The van der Waals surface area contributed by atoms with Crippen LogP contribution in [0.15, 0.2) is 4.99 Å². The number of carboxylic acids is 2. The average molecular weight is 489 g/mol. The number of carbonyl (C=O) groups is 6. The SMILES string of the molecule is NC(=O)CCC(N)C(=O)NC(CCC(=O)O)C(=O)NC(CCCN=C(N)N)C(=O)NCC(=O)O. The number of rotatable bonds is 17. The standard InChI is InChI=1S/C18H32N8O8/c19-9(3-5-12(20)27)15(32)25-11(4-6-13(28)29)17(34)26-10(2-1-7-23-18(21)22)16(33)24-8-14(30)31/h9-11H,1-8,19H2,(H2,20,27)(H,24,33)(H,25,32)(H,26,34)(H,28,29)(H,30,31)(H4,21,22,23). The van der Waals surface area contributed by atoms with Crippen LogP contribution in [0, 0.1) is 0 Å². The van der Waals surface area contributed by atoms with Crippen LogP contribution >= 0.6 is 0 Å². The first kappa shape index (κ1) is 30.0. The molecule has 16 nitrogen and oxygen atoms in total. The smallest absolute Gasteiger partial charge is 0.322 e. The largest absolute Gasteiger partial charge is 0.481 e. The lowest BCUT2D eigenvalue weighted by atomic mass is 10.1. The lowest BCUT2D eigenvalue weighted by molar-refractivity contribution is -0.138. The average Bonchev–Trinajstić information content (AvgIpc) is 2.74. The molecule has 13 N–H and O–H groups in total. The van der Waals surface area contributed by atoms with Crippen LogP contribution in [0.3, 0.4) is 0 Å². The molecule has 3 atom stereocenters. The first-order valence-electron chi connectivity index (χ1n) is 10.2. The van der Waals surface area contributed by atoms with Gasteiger partial charge in [-0.3, -0.25) is 33.8 Å². The van der Waals surface area contributed by atoms with Gasteiger partial charge in [0, 0.05) is 19.4 Å². The number of hydrogen-bond acceptors (Lipinski definition) is 8. The van der Waals surface area contributed by atoms with E-state index in [1.807, 2.05) is 0 Å². The van der Waals surface area contributed by atoms with Gasteiger partial charge in [-0.05, 0) is 25.7 Å². The van der Waals surface area contributed by atoms with Crippen LogP contribution in [0.5, 0.6) is 0 Å². The molecule has 0 aliphatic rings. The quantitative estimate of drug-likeness (QED) is 0.0535. The van der Waals surface area contributed by atoms with Gasteiger partial charge < -0.3 is 49.1 Å². The summed E-state index contributed by atoms with van der Waals surface area (Å²) in [6.45, 7) is -0.582. The highest BCUT2D eigenvalue weighted by atomic mass is 16.4. The molecule has 4 amide bonds. The number of nitrogens with one attached hydrogen (secondary N) is 3. The Kier molecular flexibility index (Phi) is 14.0. The summed E-state index contributed by atoms with van der Waals surface area (Å²) in [6.07, 6.45) is -0.858. The molecule has 0 radical (unpaired) electrons. The molecular weight excluding hydrogens is 456 g/mol. The topological polar surface area (TPSA) is 295 Å². The first-order chi connectivity index (χ1) is 15.8. The third-order valence-electron chi connectivity index (χ3n) is 4.31. The predicted octanol–water partition coefficient (Wildman–Crippen LogP) is -4.33. The van der Waals surface area contributed by atoms with E-state index in [1.54, 1.807) is 0 Å². The van der Waals surface area contributed by atoms with E-state index in [2.05, 4.69) is 20.9 Å². The molecule has 0 bridgehead atoms. The highest BCUT2D eigenvalue weighted by Crippen LogP contribution is 2.05. The fraction of sp³-hybridized carbons (Fsp3) is 0.611. The van der Waals surface area contributed by atoms with Crippen molar-refractivity contribution in [3.05, 3.63) is 0 Å². The third-order valence-corrected chi connectivity index (χ3v) is 4.31. The molecule has 0 aromatic rings. The molecule has 0 heterocycles. The number of guanidine groups is 1. The number of nitrogens with zero attached hydrogens (tertiary/aromatic N) is 1. The van der Waals surface area contributed by atoms with Crippen LogP contribution in [-0.4, -0.2) is 83.0 Å². The maximum Gasteiger partial charge on any atom is 0.322 e. The molecule has 0 saturated heterocycles. The number of nitrogens with two attached hydrogens (primary N) is 4. The van der Waals surface area contributed by atoms with Gasteiger partial charge in [0.1, 0.15) is 18.6 Å². The molecule has 0 saturated carbocycles. The van der Waals surface area contributed by atoms with Crippen LogP contribution in [0.4, 0.5) is 0 Å². The number of aliphatic carboxylic acids is 2. The van der Waals surface area contributed by atoms with Gasteiger partial charge in [-0.25, -0.2) is 0 Å². The molecule has 0 fully saturated rings. The zero-order valence-corrected chi connectivity index (χ0v) is 18.5. The Morgan fingerprint density at radius 3 is 1.88 bits per heavy atom. The number of carbonyl (C=O) groups excluding carboxylic acids is 4. The Bertz CT molecular complexity index is 784. The molecule has 3 unspecified atom stereocenters. The van der Waals surface area contributed by atoms with Crippen LogP contribution in [-0.2, 0) is 28.8 Å². The number of amides is 4. The molecule has 34 heavy (non-hydrogen) atoms. The van der Waals surface area contributed by atoms with E-state index in [-0.39, 0.29) is 44.6 Å². The summed E-state index contributed by atoms with van der Waals surface area (Å²) >= 11 is 0. The first-order valence-corrected chi connectivity index (χ1v) is 10.2. The van der Waals surface area contributed by atoms with Crippen LogP contribution in [0.1, 0.15) is 38.5 Å². The maximum atomic E-state index is 12.8. The van der Waals surface area contributed by atoms with E-state index in [9.17, 15) is 28.8 Å². The normalized spacial score (nSPS) is 13.0. The molecule has 192 valence electrons. The summed E-state index contributed by atoms with van der Waals surface area (Å²) < 4.78 is 0. The van der Waals surface area contributed by atoms with E-state index in [1.165, 1.54) is 0 Å². The summed E-state index contributed by atoms with van der Waals surface area (Å²) in [4.78, 5) is 73.7. The summed E-state index contributed by atoms with van der Waals surface area (Å²) in [5.41, 5.74) is 21.1. The minimum atomic E-state index is -1.38. The van der Waals surface area contributed by atoms with Crippen LogP contribution in [0.2, 0.25) is 0 Å². The highest BCUT2D eigenvalue weighted by Gasteiger charge is 2.28. The summed E-state index contributed by atoms with van der Waals surface area (Å²) in [5, 5.41) is 24.5. The van der Waals surface area contributed by atoms with Gasteiger partial charge in [0.2, 0.25) is 23.6 Å². The van der Waals surface area contributed by atoms with Crippen LogP contribution < -0.4 is 38.9 Å². The van der Waals surface area contributed by atoms with Crippen molar-refractivity contribution >= 4 is 41.5 Å². The molecule has 0 spiro atoms. The van der Waals surface area contributed by atoms with Gasteiger partial charge in [0.05, 0.1) is 6.04 Å². The van der Waals surface area contributed by atoms with Crippen molar-refractivity contribution in [2.45, 2.75) is 56.7 Å². The van der Waals surface area contributed by atoms with Gasteiger partial charge >= 0.3 is 11.9 Å². The Hall–Kier alpha value is -3.95. The molecule has 0 rings (SSSR count). The molecule has 16 heteroatoms. The maximum absolute atomic E-state index is 12.8. The minimum absolute atomic E-state index is 0.00565.